The Kier molecular flexibility index (Phi) is 4.83. The first-order valence-electron chi connectivity index (χ1n) is 6.51. The molecule has 1 fully saturated rings. The van der Waals surface area contributed by atoms with Gasteiger partial charge < -0.3 is 9.80 Å². The van der Waals surface area contributed by atoms with E-state index in [-0.39, 0.29) is 5.69 Å². The molecule has 0 aromatic carbocycles. The van der Waals surface area contributed by atoms with E-state index in [0.29, 0.717) is 0 Å². The molecule has 0 bridgehead atoms. The van der Waals surface area contributed by atoms with E-state index in [4.69, 9.17) is 5.84 Å². The Morgan fingerprint density at radius 1 is 1.37 bits per heavy atom. The van der Waals surface area contributed by atoms with Crippen LogP contribution in [0.4, 0.5) is 0 Å². The third kappa shape index (κ3) is 3.98. The van der Waals surface area contributed by atoms with Crippen molar-refractivity contribution in [1.82, 2.24) is 30.2 Å². The van der Waals surface area contributed by atoms with Gasteiger partial charge in [0.15, 0.2) is 5.69 Å². The molecule has 0 unspecified atom stereocenters. The number of carbonyl (C=O) groups is 1. The predicted octanol–water partition coefficient (Wildman–Crippen LogP) is -1.48. The number of rotatable bonds is 4. The van der Waals surface area contributed by atoms with Crippen LogP contribution in [-0.4, -0.2) is 70.5 Å². The highest BCUT2D eigenvalue weighted by Crippen LogP contribution is 2.01. The van der Waals surface area contributed by atoms with E-state index in [1.165, 1.54) is 6.42 Å². The molecule has 0 radical (unpaired) electrons. The molecule has 1 amide bonds. The number of hydrogen-bond donors (Lipinski definition) is 2. The molecule has 1 aromatic rings. The average Bonchev–Trinajstić information content (AvgIpc) is 2.79. The predicted molar refractivity (Wildman–Crippen MR) is 70.2 cm³/mol. The van der Waals surface area contributed by atoms with E-state index in [0.717, 1.165) is 39.3 Å². The second-order valence-electron chi connectivity index (χ2n) is 4.84. The van der Waals surface area contributed by atoms with Crippen LogP contribution in [0.1, 0.15) is 16.9 Å². The Hall–Kier alpha value is -1.51. The molecule has 8 nitrogen and oxygen atoms in total. The van der Waals surface area contributed by atoms with Gasteiger partial charge in [-0.1, -0.05) is 5.21 Å². The van der Waals surface area contributed by atoms with Crippen LogP contribution in [0.3, 0.4) is 0 Å². The lowest BCUT2D eigenvalue weighted by molar-refractivity contribution is 0.0948. The molecule has 1 aliphatic heterocycles. The molecular weight excluding hydrogens is 246 g/mol. The number of aromatic nitrogens is 3. The van der Waals surface area contributed by atoms with Gasteiger partial charge in [0.25, 0.3) is 5.91 Å². The maximum atomic E-state index is 11.2. The van der Waals surface area contributed by atoms with Crippen molar-refractivity contribution >= 4 is 5.91 Å². The summed E-state index contributed by atoms with van der Waals surface area (Å²) in [6.45, 7) is 6.07. The molecule has 2 heterocycles. The van der Waals surface area contributed by atoms with Gasteiger partial charge in [-0.3, -0.25) is 14.9 Å². The maximum absolute atomic E-state index is 11.2. The monoisotopic (exact) mass is 267 g/mol. The molecule has 0 saturated carbocycles. The first kappa shape index (κ1) is 13.9. The van der Waals surface area contributed by atoms with Gasteiger partial charge in [-0.25, -0.2) is 5.84 Å². The molecular formula is C11H21N7O. The molecule has 3 N–H and O–H groups in total. The number of hydrogen-bond acceptors (Lipinski definition) is 6. The molecule has 8 heteroatoms. The van der Waals surface area contributed by atoms with Crippen LogP contribution < -0.4 is 11.3 Å². The lowest BCUT2D eigenvalue weighted by Gasteiger charge is -2.19. The number of nitrogens with zero attached hydrogens (tertiary/aromatic N) is 5. The summed E-state index contributed by atoms with van der Waals surface area (Å²) in [6.07, 6.45) is 2.81. The van der Waals surface area contributed by atoms with Crippen molar-refractivity contribution in [1.29, 1.82) is 0 Å². The van der Waals surface area contributed by atoms with Gasteiger partial charge in [-0.15, -0.1) is 5.10 Å². The standard InChI is InChI=1S/C11H21N7O/c1-16-3-2-4-17(6-5-16)7-8-18-9-10(14-15-18)11(19)13-12/h9H,2-8,12H2,1H3,(H,13,19). The minimum absolute atomic E-state index is 0.248. The van der Waals surface area contributed by atoms with Gasteiger partial charge in [0.05, 0.1) is 12.7 Å². The number of nitrogens with one attached hydrogen (secondary N) is 1. The average molecular weight is 267 g/mol. The Morgan fingerprint density at radius 3 is 3.00 bits per heavy atom. The van der Waals surface area contributed by atoms with Crippen LogP contribution in [0.2, 0.25) is 0 Å². The van der Waals surface area contributed by atoms with E-state index in [1.54, 1.807) is 10.9 Å². The third-order valence-corrected chi connectivity index (χ3v) is 3.36. The van der Waals surface area contributed by atoms with Crippen molar-refractivity contribution in [3.63, 3.8) is 0 Å². The zero-order valence-electron chi connectivity index (χ0n) is 11.2. The quantitative estimate of drug-likeness (QED) is 0.393. The largest absolute Gasteiger partial charge is 0.305 e. The number of nitrogens with two attached hydrogens (primary N) is 1. The third-order valence-electron chi connectivity index (χ3n) is 3.36. The summed E-state index contributed by atoms with van der Waals surface area (Å²) in [5, 5.41) is 7.70. The van der Waals surface area contributed by atoms with E-state index >= 15 is 0 Å². The number of amides is 1. The topological polar surface area (TPSA) is 92.3 Å². The van der Waals surface area contributed by atoms with Crippen LogP contribution in [0, 0.1) is 0 Å². The summed E-state index contributed by atoms with van der Waals surface area (Å²) in [6, 6.07) is 0. The zero-order chi connectivity index (χ0) is 13.7. The molecule has 1 saturated heterocycles. The second kappa shape index (κ2) is 6.60. The first-order valence-corrected chi connectivity index (χ1v) is 6.51. The van der Waals surface area contributed by atoms with Crippen molar-refractivity contribution in [2.45, 2.75) is 13.0 Å². The lowest BCUT2D eigenvalue weighted by atomic mass is 10.4. The van der Waals surface area contributed by atoms with E-state index in [9.17, 15) is 4.79 Å². The lowest BCUT2D eigenvalue weighted by Crippen LogP contribution is -2.31. The van der Waals surface area contributed by atoms with Crippen LogP contribution in [0.25, 0.3) is 0 Å². The van der Waals surface area contributed by atoms with Crippen LogP contribution >= 0.6 is 0 Å². The fourth-order valence-electron chi connectivity index (χ4n) is 2.15. The molecule has 0 aliphatic carbocycles. The fourth-order valence-corrected chi connectivity index (χ4v) is 2.15. The Labute approximate surface area is 112 Å². The molecule has 1 aromatic heterocycles. The smallest absolute Gasteiger partial charge is 0.287 e. The highest BCUT2D eigenvalue weighted by molar-refractivity contribution is 5.91. The normalized spacial score (nSPS) is 18.2. The van der Waals surface area contributed by atoms with Gasteiger partial charge in [0.1, 0.15) is 0 Å². The summed E-state index contributed by atoms with van der Waals surface area (Å²) in [7, 11) is 2.15. The fraction of sp³-hybridized carbons (Fsp3) is 0.727. The van der Waals surface area contributed by atoms with Gasteiger partial charge in [0, 0.05) is 19.6 Å². The van der Waals surface area contributed by atoms with E-state index in [2.05, 4.69) is 27.2 Å². The Morgan fingerprint density at radius 2 is 2.21 bits per heavy atom. The van der Waals surface area contributed by atoms with Gasteiger partial charge in [-0.2, -0.15) is 0 Å². The van der Waals surface area contributed by atoms with Crippen molar-refractivity contribution in [3.8, 4) is 0 Å². The maximum Gasteiger partial charge on any atom is 0.287 e. The summed E-state index contributed by atoms with van der Waals surface area (Å²) >= 11 is 0. The Balaban J connectivity index is 1.81. The number of likely N-dealkylation sites (N-methyl/N-ethyl adjacent to an activating group) is 1. The van der Waals surface area contributed by atoms with Gasteiger partial charge in [-0.05, 0) is 26.6 Å². The highest BCUT2D eigenvalue weighted by Gasteiger charge is 2.13. The second-order valence-corrected chi connectivity index (χ2v) is 4.84. The molecule has 0 spiro atoms. The van der Waals surface area contributed by atoms with Crippen molar-refractivity contribution in [2.24, 2.45) is 5.84 Å². The first-order chi connectivity index (χ1) is 9.19. The van der Waals surface area contributed by atoms with Crippen molar-refractivity contribution in [3.05, 3.63) is 11.9 Å². The van der Waals surface area contributed by atoms with E-state index < -0.39 is 5.91 Å². The molecule has 1 aliphatic rings. The number of carbonyl (C=O) groups excluding carboxylic acids is 1. The Bertz CT molecular complexity index is 419. The molecule has 19 heavy (non-hydrogen) atoms. The number of hydrazine groups is 1. The molecule has 0 atom stereocenters. The van der Waals surface area contributed by atoms with E-state index in [1.807, 2.05) is 5.43 Å². The van der Waals surface area contributed by atoms with Crippen LogP contribution in [-0.2, 0) is 6.54 Å². The summed E-state index contributed by atoms with van der Waals surface area (Å²) in [5.41, 5.74) is 2.29. The zero-order valence-corrected chi connectivity index (χ0v) is 11.2. The van der Waals surface area contributed by atoms with Crippen LogP contribution in [0.5, 0.6) is 0 Å². The summed E-state index contributed by atoms with van der Waals surface area (Å²) in [4.78, 5) is 16.0. The van der Waals surface area contributed by atoms with Crippen molar-refractivity contribution in [2.75, 3.05) is 39.8 Å². The minimum Gasteiger partial charge on any atom is -0.305 e. The van der Waals surface area contributed by atoms with Crippen molar-refractivity contribution < 1.29 is 4.79 Å². The molecule has 2 rings (SSSR count). The number of nitrogen functional groups attached to an aromatic ring is 1. The SMILES string of the molecule is CN1CCCN(CCn2cc(C(=O)NN)nn2)CC1. The van der Waals surface area contributed by atoms with Gasteiger partial charge in [0.2, 0.25) is 0 Å². The van der Waals surface area contributed by atoms with Crippen LogP contribution in [0.15, 0.2) is 6.20 Å². The summed E-state index contributed by atoms with van der Waals surface area (Å²) < 4.78 is 1.68. The summed E-state index contributed by atoms with van der Waals surface area (Å²) in [5.74, 6) is 4.63. The minimum atomic E-state index is -0.414. The highest BCUT2D eigenvalue weighted by atomic mass is 16.2. The molecule has 106 valence electrons. The van der Waals surface area contributed by atoms with Gasteiger partial charge >= 0.3 is 0 Å².